The minimum Gasteiger partial charge on any atom is -0.494 e. The van der Waals surface area contributed by atoms with E-state index in [0.29, 0.717) is 6.61 Å². The van der Waals surface area contributed by atoms with Crippen LogP contribution < -0.4 is 4.74 Å². The number of unbranched alkanes of at least 4 members (excludes halogenated alkanes) is 3. The van der Waals surface area contributed by atoms with Crippen molar-refractivity contribution in [1.82, 2.24) is 0 Å². The summed E-state index contributed by atoms with van der Waals surface area (Å²) in [6.45, 7) is 0.452. The third-order valence-electron chi connectivity index (χ3n) is 2.48. The van der Waals surface area contributed by atoms with Crippen molar-refractivity contribution >= 4 is 12.6 Å². The van der Waals surface area contributed by atoms with Gasteiger partial charge >= 0.3 is 6.18 Å². The molecular weight excluding hydrogens is 261 g/mol. The Hall–Kier alpha value is -0.840. The topological polar surface area (TPSA) is 9.23 Å². The lowest BCUT2D eigenvalue weighted by molar-refractivity contribution is -0.137. The first-order valence-electron chi connectivity index (χ1n) is 5.95. The van der Waals surface area contributed by atoms with Gasteiger partial charge in [0, 0.05) is 0 Å². The summed E-state index contributed by atoms with van der Waals surface area (Å²) in [7, 11) is 0. The molecule has 0 fully saturated rings. The lowest BCUT2D eigenvalue weighted by Gasteiger charge is -2.10. The minimum atomic E-state index is -4.31. The number of halogens is 3. The van der Waals surface area contributed by atoms with Crippen molar-refractivity contribution < 1.29 is 17.9 Å². The average Bonchev–Trinajstić information content (AvgIpc) is 2.33. The Kier molecular flexibility index (Phi) is 6.39. The van der Waals surface area contributed by atoms with Crippen LogP contribution >= 0.6 is 12.6 Å². The van der Waals surface area contributed by atoms with Gasteiger partial charge in [0.15, 0.2) is 0 Å². The molecule has 0 aliphatic heterocycles. The molecule has 1 aromatic carbocycles. The molecule has 0 N–H and O–H groups in total. The Morgan fingerprint density at radius 3 is 2.44 bits per heavy atom. The standard InChI is InChI=1S/C13H17F3OS/c14-13(15,16)11-6-5-7-12(10-11)17-8-3-1-2-4-9-18/h5-7,10,18H,1-4,8-9H2. The molecule has 0 aliphatic rings. The highest BCUT2D eigenvalue weighted by atomic mass is 32.1. The predicted molar refractivity (Wildman–Crippen MR) is 69.3 cm³/mol. The van der Waals surface area contributed by atoms with E-state index in [2.05, 4.69) is 12.6 Å². The van der Waals surface area contributed by atoms with Crippen LogP contribution in [-0.4, -0.2) is 12.4 Å². The molecule has 1 aromatic rings. The molecule has 18 heavy (non-hydrogen) atoms. The van der Waals surface area contributed by atoms with Crippen LogP contribution in [0.3, 0.4) is 0 Å². The Labute approximate surface area is 111 Å². The van der Waals surface area contributed by atoms with E-state index in [0.717, 1.165) is 43.6 Å². The number of thiol groups is 1. The van der Waals surface area contributed by atoms with E-state index < -0.39 is 11.7 Å². The molecule has 0 saturated heterocycles. The van der Waals surface area contributed by atoms with Crippen molar-refractivity contribution in [2.75, 3.05) is 12.4 Å². The Morgan fingerprint density at radius 1 is 1.06 bits per heavy atom. The molecule has 0 atom stereocenters. The second-order valence-corrected chi connectivity index (χ2v) is 4.46. The minimum absolute atomic E-state index is 0.277. The zero-order valence-corrected chi connectivity index (χ0v) is 10.9. The normalized spacial score (nSPS) is 11.6. The summed E-state index contributed by atoms with van der Waals surface area (Å²) in [6.07, 6.45) is -0.308. The van der Waals surface area contributed by atoms with Gasteiger partial charge in [-0.05, 0) is 36.8 Å². The molecule has 1 rings (SSSR count). The van der Waals surface area contributed by atoms with Gasteiger partial charge in [-0.1, -0.05) is 18.9 Å². The van der Waals surface area contributed by atoms with Gasteiger partial charge in [0.05, 0.1) is 12.2 Å². The molecule has 0 heterocycles. The smallest absolute Gasteiger partial charge is 0.416 e. The first-order chi connectivity index (χ1) is 8.54. The van der Waals surface area contributed by atoms with E-state index in [9.17, 15) is 13.2 Å². The molecule has 0 aromatic heterocycles. The first-order valence-corrected chi connectivity index (χ1v) is 6.58. The van der Waals surface area contributed by atoms with E-state index in [1.165, 1.54) is 6.07 Å². The molecule has 0 bridgehead atoms. The largest absolute Gasteiger partial charge is 0.494 e. The number of hydrogen-bond acceptors (Lipinski definition) is 2. The summed E-state index contributed by atoms with van der Waals surface area (Å²) in [6, 6.07) is 4.98. The molecule has 0 saturated carbocycles. The summed E-state index contributed by atoms with van der Waals surface area (Å²) in [5.74, 6) is 1.15. The van der Waals surface area contributed by atoms with Crippen molar-refractivity contribution in [1.29, 1.82) is 0 Å². The monoisotopic (exact) mass is 278 g/mol. The Morgan fingerprint density at radius 2 is 1.78 bits per heavy atom. The molecule has 0 unspecified atom stereocenters. The van der Waals surface area contributed by atoms with Crippen LogP contribution in [0, 0.1) is 0 Å². The third-order valence-corrected chi connectivity index (χ3v) is 2.80. The highest BCUT2D eigenvalue weighted by Gasteiger charge is 2.30. The van der Waals surface area contributed by atoms with Gasteiger partial charge in [0.2, 0.25) is 0 Å². The zero-order chi connectivity index (χ0) is 13.4. The van der Waals surface area contributed by atoms with Crippen molar-refractivity contribution in [2.45, 2.75) is 31.9 Å². The van der Waals surface area contributed by atoms with Gasteiger partial charge in [-0.3, -0.25) is 0 Å². The maximum absolute atomic E-state index is 12.4. The van der Waals surface area contributed by atoms with Crippen LogP contribution in [0.5, 0.6) is 5.75 Å². The summed E-state index contributed by atoms with van der Waals surface area (Å²) in [5.41, 5.74) is -0.671. The first kappa shape index (κ1) is 15.2. The van der Waals surface area contributed by atoms with Crippen LogP contribution in [0.25, 0.3) is 0 Å². The second kappa shape index (κ2) is 7.56. The molecule has 0 spiro atoms. The fourth-order valence-electron chi connectivity index (χ4n) is 1.52. The molecule has 0 amide bonds. The predicted octanol–water partition coefficient (Wildman–Crippen LogP) is 4.57. The van der Waals surface area contributed by atoms with Gasteiger partial charge in [-0.15, -0.1) is 0 Å². The maximum atomic E-state index is 12.4. The zero-order valence-electron chi connectivity index (χ0n) is 10.0. The Bertz CT molecular complexity index is 352. The maximum Gasteiger partial charge on any atom is 0.416 e. The van der Waals surface area contributed by atoms with Crippen molar-refractivity contribution in [3.8, 4) is 5.75 Å². The number of rotatable bonds is 7. The van der Waals surface area contributed by atoms with Gasteiger partial charge in [-0.2, -0.15) is 25.8 Å². The fourth-order valence-corrected chi connectivity index (χ4v) is 1.74. The van der Waals surface area contributed by atoms with Crippen LogP contribution in [0.15, 0.2) is 24.3 Å². The molecule has 102 valence electrons. The highest BCUT2D eigenvalue weighted by Crippen LogP contribution is 2.31. The van der Waals surface area contributed by atoms with E-state index >= 15 is 0 Å². The van der Waals surface area contributed by atoms with E-state index in [1.54, 1.807) is 6.07 Å². The Balaban J connectivity index is 2.34. The van der Waals surface area contributed by atoms with Crippen LogP contribution in [0.2, 0.25) is 0 Å². The van der Waals surface area contributed by atoms with Gasteiger partial charge in [0.25, 0.3) is 0 Å². The lowest BCUT2D eigenvalue weighted by Crippen LogP contribution is -2.05. The van der Waals surface area contributed by atoms with Crippen LogP contribution in [0.1, 0.15) is 31.2 Å². The molecular formula is C13H17F3OS. The lowest BCUT2D eigenvalue weighted by atomic mass is 10.2. The van der Waals surface area contributed by atoms with E-state index in [4.69, 9.17) is 4.74 Å². The van der Waals surface area contributed by atoms with E-state index in [-0.39, 0.29) is 5.75 Å². The van der Waals surface area contributed by atoms with E-state index in [1.807, 2.05) is 0 Å². The molecule has 5 heteroatoms. The molecule has 1 nitrogen and oxygen atoms in total. The number of alkyl halides is 3. The fraction of sp³-hybridized carbons (Fsp3) is 0.538. The SMILES string of the molecule is FC(F)(F)c1cccc(OCCCCCCS)c1. The van der Waals surface area contributed by atoms with Gasteiger partial charge < -0.3 is 4.74 Å². The van der Waals surface area contributed by atoms with Crippen molar-refractivity contribution in [2.24, 2.45) is 0 Å². The third kappa shape index (κ3) is 5.67. The van der Waals surface area contributed by atoms with Crippen molar-refractivity contribution in [3.63, 3.8) is 0 Å². The molecule has 0 aliphatic carbocycles. The number of hydrogen-bond donors (Lipinski definition) is 1. The number of ether oxygens (including phenoxy) is 1. The molecule has 0 radical (unpaired) electrons. The summed E-state index contributed by atoms with van der Waals surface area (Å²) < 4.78 is 42.6. The van der Waals surface area contributed by atoms with Crippen LogP contribution in [-0.2, 0) is 6.18 Å². The quantitative estimate of drug-likeness (QED) is 0.567. The summed E-state index contributed by atoms with van der Waals surface area (Å²) >= 11 is 4.10. The van der Waals surface area contributed by atoms with Crippen LogP contribution in [0.4, 0.5) is 13.2 Å². The highest BCUT2D eigenvalue weighted by molar-refractivity contribution is 7.80. The second-order valence-electron chi connectivity index (χ2n) is 4.01. The number of benzene rings is 1. The summed E-state index contributed by atoms with van der Waals surface area (Å²) in [4.78, 5) is 0. The average molecular weight is 278 g/mol. The summed E-state index contributed by atoms with van der Waals surface area (Å²) in [5, 5.41) is 0. The van der Waals surface area contributed by atoms with Gasteiger partial charge in [-0.25, -0.2) is 0 Å². The van der Waals surface area contributed by atoms with Gasteiger partial charge in [0.1, 0.15) is 5.75 Å². The van der Waals surface area contributed by atoms with Crippen molar-refractivity contribution in [3.05, 3.63) is 29.8 Å².